The van der Waals surface area contributed by atoms with Gasteiger partial charge in [0.15, 0.2) is 0 Å². The van der Waals surface area contributed by atoms with Crippen LogP contribution in [0.4, 0.5) is 4.79 Å². The number of fused-ring (bicyclic) bond motifs is 2. The summed E-state index contributed by atoms with van der Waals surface area (Å²) in [6, 6.07) is 0.209. The Morgan fingerprint density at radius 3 is 2.65 bits per heavy atom. The molecule has 1 amide bonds. The van der Waals surface area contributed by atoms with E-state index in [4.69, 9.17) is 9.47 Å². The normalized spacial score (nSPS) is 38.4. The lowest BCUT2D eigenvalue weighted by atomic mass is 9.62. The molecule has 1 saturated carbocycles. The first-order chi connectivity index (χ1) is 14.7. The van der Waals surface area contributed by atoms with Gasteiger partial charge in [-0.05, 0) is 85.0 Å². The van der Waals surface area contributed by atoms with E-state index in [9.17, 15) is 9.59 Å². The van der Waals surface area contributed by atoms with Crippen LogP contribution < -0.4 is 0 Å². The quantitative estimate of drug-likeness (QED) is 0.421. The number of amides is 1. The van der Waals surface area contributed by atoms with Gasteiger partial charge in [0.2, 0.25) is 0 Å². The van der Waals surface area contributed by atoms with Gasteiger partial charge in [-0.2, -0.15) is 0 Å². The Hall–Kier alpha value is -1.78. The molecule has 172 valence electrons. The van der Waals surface area contributed by atoms with Gasteiger partial charge in [-0.1, -0.05) is 30.2 Å². The number of rotatable bonds is 2. The van der Waals surface area contributed by atoms with Gasteiger partial charge in [0.05, 0.1) is 12.0 Å². The van der Waals surface area contributed by atoms with E-state index in [0.29, 0.717) is 11.8 Å². The number of likely N-dealkylation sites (tertiary alicyclic amines) is 1. The van der Waals surface area contributed by atoms with Crippen LogP contribution in [0.15, 0.2) is 23.8 Å². The zero-order valence-electron chi connectivity index (χ0n) is 19.8. The molecule has 0 radical (unpaired) electrons. The van der Waals surface area contributed by atoms with Gasteiger partial charge in [0, 0.05) is 12.0 Å². The molecule has 0 bridgehead atoms. The largest absolute Gasteiger partial charge is 0.462 e. The van der Waals surface area contributed by atoms with E-state index in [-0.39, 0.29) is 42.1 Å². The van der Waals surface area contributed by atoms with Crippen molar-refractivity contribution in [2.24, 2.45) is 23.7 Å². The molecule has 0 unspecified atom stereocenters. The topological polar surface area (TPSA) is 55.8 Å². The lowest BCUT2D eigenvalue weighted by molar-refractivity contribution is -0.142. The number of hydrogen-bond acceptors (Lipinski definition) is 4. The summed E-state index contributed by atoms with van der Waals surface area (Å²) in [5.41, 5.74) is 0.951. The molecule has 4 rings (SSSR count). The molecular weight excluding hydrogens is 390 g/mol. The first-order valence-electron chi connectivity index (χ1n) is 12.3. The molecule has 3 fully saturated rings. The van der Waals surface area contributed by atoms with E-state index >= 15 is 0 Å². The third-order valence-corrected chi connectivity index (χ3v) is 7.65. The Bertz CT molecular complexity index is 764. The van der Waals surface area contributed by atoms with E-state index in [0.717, 1.165) is 25.7 Å². The molecule has 2 aliphatic carbocycles. The predicted octanol–water partition coefficient (Wildman–Crippen LogP) is 5.64. The maximum Gasteiger partial charge on any atom is 0.411 e. The Kier molecular flexibility index (Phi) is 6.24. The second-order valence-electron chi connectivity index (χ2n) is 11.0. The van der Waals surface area contributed by atoms with Gasteiger partial charge in [0.25, 0.3) is 0 Å². The molecule has 0 N–H and O–H groups in total. The average Bonchev–Trinajstić information content (AvgIpc) is 2.97. The minimum absolute atomic E-state index is 0.0447. The van der Waals surface area contributed by atoms with Crippen molar-refractivity contribution in [3.8, 4) is 0 Å². The summed E-state index contributed by atoms with van der Waals surface area (Å²) in [6.45, 7) is 9.92. The van der Waals surface area contributed by atoms with Crippen LogP contribution in [-0.4, -0.2) is 40.8 Å². The fourth-order valence-corrected chi connectivity index (χ4v) is 6.30. The van der Waals surface area contributed by atoms with Gasteiger partial charge >= 0.3 is 12.1 Å². The second-order valence-corrected chi connectivity index (χ2v) is 11.0. The molecule has 2 saturated heterocycles. The van der Waals surface area contributed by atoms with Gasteiger partial charge in [-0.3, -0.25) is 9.69 Å². The molecule has 2 aliphatic heterocycles. The highest BCUT2D eigenvalue weighted by Crippen LogP contribution is 2.50. The summed E-state index contributed by atoms with van der Waals surface area (Å²) in [7, 11) is 0. The van der Waals surface area contributed by atoms with Crippen molar-refractivity contribution in [2.75, 3.05) is 0 Å². The van der Waals surface area contributed by atoms with E-state index in [2.05, 4.69) is 25.2 Å². The van der Waals surface area contributed by atoms with E-state index in [1.807, 2.05) is 32.6 Å². The molecule has 4 aliphatic rings. The number of hydrogen-bond donors (Lipinski definition) is 0. The molecular formula is C26H39NO4. The Morgan fingerprint density at radius 2 is 1.90 bits per heavy atom. The highest BCUT2D eigenvalue weighted by molar-refractivity contribution is 5.78. The summed E-state index contributed by atoms with van der Waals surface area (Å²) < 4.78 is 11.4. The van der Waals surface area contributed by atoms with Gasteiger partial charge in [0.1, 0.15) is 11.7 Å². The minimum atomic E-state index is -0.502. The second kappa shape index (κ2) is 8.63. The smallest absolute Gasteiger partial charge is 0.411 e. The van der Waals surface area contributed by atoms with Gasteiger partial charge in [-0.15, -0.1) is 0 Å². The first kappa shape index (κ1) is 22.4. The third kappa shape index (κ3) is 4.56. The average molecular weight is 430 g/mol. The fourth-order valence-electron chi connectivity index (χ4n) is 6.30. The van der Waals surface area contributed by atoms with Crippen LogP contribution in [-0.2, 0) is 14.3 Å². The molecule has 0 aromatic carbocycles. The first-order valence-corrected chi connectivity index (χ1v) is 12.3. The zero-order valence-corrected chi connectivity index (χ0v) is 19.8. The van der Waals surface area contributed by atoms with Crippen molar-refractivity contribution in [2.45, 2.75) is 103 Å². The summed E-state index contributed by atoms with van der Waals surface area (Å²) >= 11 is 0. The highest BCUT2D eigenvalue weighted by atomic mass is 16.6. The lowest BCUT2D eigenvalue weighted by Crippen LogP contribution is -2.50. The standard InChI is InChI=1S/C26H39NO4/c1-16-9-8-11-19(27(16)25(29)31-26(3,4)5)13-14-21-20-12-7-6-10-18(20)15-22-23(21)17(2)30-24(22)28/h13-17,19-23H,6-12H2,1-5H3/b14-13+/t16-,17-,19-,20-,21+,22+,23+/m0/s1. The van der Waals surface area contributed by atoms with Gasteiger partial charge < -0.3 is 9.47 Å². The predicted molar refractivity (Wildman–Crippen MR) is 120 cm³/mol. The third-order valence-electron chi connectivity index (χ3n) is 7.65. The number of esters is 1. The van der Waals surface area contributed by atoms with Crippen molar-refractivity contribution in [1.82, 2.24) is 4.90 Å². The van der Waals surface area contributed by atoms with Crippen molar-refractivity contribution >= 4 is 12.1 Å². The van der Waals surface area contributed by atoms with Gasteiger partial charge in [-0.25, -0.2) is 4.79 Å². The number of piperidine rings is 1. The Balaban J connectivity index is 1.59. The maximum atomic E-state index is 13.0. The Labute approximate surface area is 187 Å². The van der Waals surface area contributed by atoms with Crippen LogP contribution in [0.1, 0.15) is 79.6 Å². The number of carbonyl (C=O) groups excluding carboxylic acids is 2. The summed E-state index contributed by atoms with van der Waals surface area (Å²) in [6.07, 6.45) is 14.4. The van der Waals surface area contributed by atoms with Crippen LogP contribution in [0, 0.1) is 23.7 Å². The van der Waals surface area contributed by atoms with Crippen LogP contribution in [0.3, 0.4) is 0 Å². The molecule has 0 spiro atoms. The fraction of sp³-hybridized carbons (Fsp3) is 0.769. The zero-order chi connectivity index (χ0) is 22.3. The van der Waals surface area contributed by atoms with E-state index < -0.39 is 5.60 Å². The highest BCUT2D eigenvalue weighted by Gasteiger charge is 2.50. The SMILES string of the molecule is C[C@@H]1OC(=O)[C@@H]2C=C3CCCC[C@@H]3[C@@H](/C=C/[C@@H]3CCC[C@H](C)N3C(=O)OC(C)(C)C)[C@@H]12. The molecule has 31 heavy (non-hydrogen) atoms. The number of ether oxygens (including phenoxy) is 2. The van der Waals surface area contributed by atoms with Crippen LogP contribution in [0.5, 0.6) is 0 Å². The summed E-state index contributed by atoms with van der Waals surface area (Å²) in [5.74, 6) is 0.825. The van der Waals surface area contributed by atoms with Crippen LogP contribution in [0.2, 0.25) is 0 Å². The van der Waals surface area contributed by atoms with Crippen molar-refractivity contribution in [1.29, 1.82) is 0 Å². The Morgan fingerprint density at radius 1 is 1.13 bits per heavy atom. The molecule has 0 aromatic rings. The van der Waals surface area contributed by atoms with Crippen LogP contribution in [0.25, 0.3) is 0 Å². The molecule has 5 nitrogen and oxygen atoms in total. The van der Waals surface area contributed by atoms with E-state index in [1.165, 1.54) is 24.8 Å². The number of nitrogens with zero attached hydrogens (tertiary/aromatic N) is 1. The van der Waals surface area contributed by atoms with E-state index in [1.54, 1.807) is 0 Å². The molecule has 7 atom stereocenters. The minimum Gasteiger partial charge on any atom is -0.462 e. The molecule has 0 aromatic heterocycles. The molecule has 2 heterocycles. The number of carbonyl (C=O) groups is 2. The van der Waals surface area contributed by atoms with Crippen molar-refractivity contribution < 1.29 is 19.1 Å². The summed E-state index contributed by atoms with van der Waals surface area (Å²) in [5, 5.41) is 0. The van der Waals surface area contributed by atoms with Crippen molar-refractivity contribution in [3.63, 3.8) is 0 Å². The monoisotopic (exact) mass is 429 g/mol. The van der Waals surface area contributed by atoms with Crippen LogP contribution >= 0.6 is 0 Å². The maximum absolute atomic E-state index is 13.0. The number of allylic oxidation sites excluding steroid dienone is 2. The lowest BCUT2D eigenvalue weighted by Gasteiger charge is -2.42. The number of cyclic esters (lactones) is 1. The summed E-state index contributed by atoms with van der Waals surface area (Å²) in [4.78, 5) is 27.4. The van der Waals surface area contributed by atoms with Crippen molar-refractivity contribution in [3.05, 3.63) is 23.8 Å². The molecule has 5 heteroatoms.